The molecule has 0 aliphatic heterocycles. The van der Waals surface area contributed by atoms with Gasteiger partial charge in [-0.3, -0.25) is 9.59 Å². The van der Waals surface area contributed by atoms with E-state index in [9.17, 15) is 14.7 Å². The Hall–Kier alpha value is -1.06. The molecule has 0 spiro atoms. The maximum atomic E-state index is 11.7. The second kappa shape index (κ2) is 17.4. The fourth-order valence-electron chi connectivity index (χ4n) is 3.56. The van der Waals surface area contributed by atoms with Gasteiger partial charge in [0, 0.05) is 5.92 Å². The fraction of sp³-hybridized carbons (Fsp3) is 0.909. The van der Waals surface area contributed by atoms with Crippen LogP contribution in [0.1, 0.15) is 117 Å². The summed E-state index contributed by atoms with van der Waals surface area (Å²) < 4.78 is 0. The molecule has 154 valence electrons. The van der Waals surface area contributed by atoms with Crippen LogP contribution < -0.4 is 5.73 Å². The van der Waals surface area contributed by atoms with E-state index in [2.05, 4.69) is 13.8 Å². The molecule has 0 aromatic rings. The van der Waals surface area contributed by atoms with Crippen LogP contribution in [0.4, 0.5) is 0 Å². The molecule has 4 heteroatoms. The van der Waals surface area contributed by atoms with E-state index in [-0.39, 0.29) is 17.7 Å². The summed E-state index contributed by atoms with van der Waals surface area (Å²) in [6.07, 6.45) is 16.9. The first-order valence-electron chi connectivity index (χ1n) is 11.0. The largest absolute Gasteiger partial charge is 0.481 e. The van der Waals surface area contributed by atoms with E-state index >= 15 is 0 Å². The number of primary amides is 1. The maximum Gasteiger partial charge on any atom is 0.306 e. The Bertz CT molecular complexity index is 323. The molecule has 0 bridgehead atoms. The highest BCUT2D eigenvalue weighted by atomic mass is 16.4. The number of hydrogen-bond acceptors (Lipinski definition) is 2. The first-order valence-corrected chi connectivity index (χ1v) is 11.0. The molecular formula is C22H43NO3. The van der Waals surface area contributed by atoms with Gasteiger partial charge < -0.3 is 10.8 Å². The van der Waals surface area contributed by atoms with Crippen LogP contribution in [0.15, 0.2) is 0 Å². The molecule has 0 saturated heterocycles. The van der Waals surface area contributed by atoms with Crippen molar-refractivity contribution < 1.29 is 14.7 Å². The number of hydrogen-bond donors (Lipinski definition) is 2. The van der Waals surface area contributed by atoms with Gasteiger partial charge in [-0.25, -0.2) is 0 Å². The average molecular weight is 370 g/mol. The quantitative estimate of drug-likeness (QED) is 0.271. The predicted molar refractivity (Wildman–Crippen MR) is 109 cm³/mol. The molecule has 26 heavy (non-hydrogen) atoms. The molecule has 0 aliphatic rings. The molecule has 0 fully saturated rings. The predicted octanol–water partition coefficient (Wildman–Crippen LogP) is 6.07. The minimum absolute atomic E-state index is 0.160. The zero-order chi connectivity index (χ0) is 19.6. The van der Waals surface area contributed by atoms with E-state index in [1.807, 2.05) is 0 Å². The van der Waals surface area contributed by atoms with Gasteiger partial charge in [0.05, 0.1) is 5.92 Å². The number of unbranched alkanes of at least 4 members (excludes halogenated alkanes) is 10. The van der Waals surface area contributed by atoms with Gasteiger partial charge in [0.1, 0.15) is 0 Å². The Labute approximate surface area is 161 Å². The molecule has 1 amide bonds. The molecule has 2 unspecified atom stereocenters. The van der Waals surface area contributed by atoms with E-state index in [1.165, 1.54) is 51.4 Å². The highest BCUT2D eigenvalue weighted by molar-refractivity contribution is 5.76. The molecule has 4 nitrogen and oxygen atoms in total. The van der Waals surface area contributed by atoms with Crippen molar-refractivity contribution in [3.05, 3.63) is 0 Å². The van der Waals surface area contributed by atoms with Crippen LogP contribution in [0.25, 0.3) is 0 Å². The summed E-state index contributed by atoms with van der Waals surface area (Å²) in [5.74, 6) is -1.47. The number of aliphatic carboxylic acids is 1. The second-order valence-electron chi connectivity index (χ2n) is 7.82. The van der Waals surface area contributed by atoms with Crippen LogP contribution in [0.2, 0.25) is 0 Å². The van der Waals surface area contributed by atoms with Crippen molar-refractivity contribution in [1.82, 2.24) is 0 Å². The molecule has 0 heterocycles. The number of carboxylic acids is 1. The molecule has 0 aromatic heterocycles. The van der Waals surface area contributed by atoms with E-state index in [1.54, 1.807) is 0 Å². The number of carboxylic acid groups (broad SMARTS) is 1. The highest BCUT2D eigenvalue weighted by Crippen LogP contribution is 2.23. The van der Waals surface area contributed by atoms with Gasteiger partial charge in [-0.05, 0) is 25.7 Å². The first kappa shape index (κ1) is 24.9. The van der Waals surface area contributed by atoms with Crippen LogP contribution in [-0.2, 0) is 9.59 Å². The number of carbonyl (C=O) groups excluding carboxylic acids is 1. The van der Waals surface area contributed by atoms with E-state index < -0.39 is 5.97 Å². The number of carbonyl (C=O) groups is 2. The van der Waals surface area contributed by atoms with E-state index in [0.717, 1.165) is 38.5 Å². The standard InChI is InChI=1S/C22H43NO3/c1-3-5-7-9-11-13-15-19(21(23)24)17-18-20(22(25)26)16-14-12-10-8-6-4-2/h19-20H,3-18H2,1-2H3,(H2,23,24)(H,25,26). The average Bonchev–Trinajstić information content (AvgIpc) is 2.60. The van der Waals surface area contributed by atoms with Gasteiger partial charge in [-0.1, -0.05) is 90.9 Å². The number of rotatable bonds is 19. The van der Waals surface area contributed by atoms with Crippen LogP contribution in [0.5, 0.6) is 0 Å². The zero-order valence-electron chi connectivity index (χ0n) is 17.3. The van der Waals surface area contributed by atoms with Gasteiger partial charge in [0.15, 0.2) is 0 Å². The summed E-state index contributed by atoms with van der Waals surface area (Å²) in [7, 11) is 0. The molecule has 0 saturated carbocycles. The smallest absolute Gasteiger partial charge is 0.306 e. The van der Waals surface area contributed by atoms with Crippen LogP contribution in [-0.4, -0.2) is 17.0 Å². The normalized spacial score (nSPS) is 13.5. The van der Waals surface area contributed by atoms with Crippen LogP contribution >= 0.6 is 0 Å². The number of amides is 1. The molecule has 2 atom stereocenters. The van der Waals surface area contributed by atoms with Gasteiger partial charge >= 0.3 is 5.97 Å². The van der Waals surface area contributed by atoms with Gasteiger partial charge in [0.25, 0.3) is 0 Å². The Kier molecular flexibility index (Phi) is 16.7. The lowest BCUT2D eigenvalue weighted by atomic mass is 9.88. The highest BCUT2D eigenvalue weighted by Gasteiger charge is 2.21. The van der Waals surface area contributed by atoms with Crippen molar-refractivity contribution in [1.29, 1.82) is 0 Å². The SMILES string of the molecule is CCCCCCCCC(CCC(CCCCCCCC)C(=O)O)C(N)=O. The summed E-state index contributed by atoms with van der Waals surface area (Å²) >= 11 is 0. The minimum atomic E-state index is -0.721. The van der Waals surface area contributed by atoms with Gasteiger partial charge in [0.2, 0.25) is 5.91 Å². The summed E-state index contributed by atoms with van der Waals surface area (Å²) in [5.41, 5.74) is 5.54. The third kappa shape index (κ3) is 14.1. The maximum absolute atomic E-state index is 11.7. The molecule has 3 N–H and O–H groups in total. The number of nitrogens with two attached hydrogens (primary N) is 1. The molecular weight excluding hydrogens is 326 g/mol. The summed E-state index contributed by atoms with van der Waals surface area (Å²) in [4.78, 5) is 23.2. The van der Waals surface area contributed by atoms with Crippen molar-refractivity contribution in [2.45, 2.75) is 117 Å². The van der Waals surface area contributed by atoms with Crippen molar-refractivity contribution in [2.24, 2.45) is 17.6 Å². The molecule has 0 aliphatic carbocycles. The van der Waals surface area contributed by atoms with E-state index in [4.69, 9.17) is 5.73 Å². The fourth-order valence-corrected chi connectivity index (χ4v) is 3.56. The van der Waals surface area contributed by atoms with Gasteiger partial charge in [-0.2, -0.15) is 0 Å². The van der Waals surface area contributed by atoms with E-state index in [0.29, 0.717) is 12.8 Å². The Balaban J connectivity index is 4.06. The van der Waals surface area contributed by atoms with Crippen molar-refractivity contribution in [3.63, 3.8) is 0 Å². The molecule has 0 aromatic carbocycles. The van der Waals surface area contributed by atoms with Gasteiger partial charge in [-0.15, -0.1) is 0 Å². The Morgan fingerprint density at radius 1 is 0.654 bits per heavy atom. The third-order valence-corrected chi connectivity index (χ3v) is 5.43. The lowest BCUT2D eigenvalue weighted by molar-refractivity contribution is -0.142. The summed E-state index contributed by atoms with van der Waals surface area (Å²) in [6.45, 7) is 4.40. The topological polar surface area (TPSA) is 80.4 Å². The zero-order valence-corrected chi connectivity index (χ0v) is 17.3. The molecule has 0 radical (unpaired) electrons. The summed E-state index contributed by atoms with van der Waals surface area (Å²) in [6, 6.07) is 0. The van der Waals surface area contributed by atoms with Crippen LogP contribution in [0, 0.1) is 11.8 Å². The Morgan fingerprint density at radius 3 is 1.46 bits per heavy atom. The lowest BCUT2D eigenvalue weighted by Crippen LogP contribution is -2.25. The monoisotopic (exact) mass is 369 g/mol. The Morgan fingerprint density at radius 2 is 1.04 bits per heavy atom. The summed E-state index contributed by atoms with van der Waals surface area (Å²) in [5, 5.41) is 9.45. The van der Waals surface area contributed by atoms with Crippen LogP contribution in [0.3, 0.4) is 0 Å². The first-order chi connectivity index (χ1) is 12.5. The minimum Gasteiger partial charge on any atom is -0.481 e. The third-order valence-electron chi connectivity index (χ3n) is 5.43. The van der Waals surface area contributed by atoms with Crippen molar-refractivity contribution >= 4 is 11.9 Å². The lowest BCUT2D eigenvalue weighted by Gasteiger charge is -2.17. The van der Waals surface area contributed by atoms with Crippen molar-refractivity contribution in [2.75, 3.05) is 0 Å². The van der Waals surface area contributed by atoms with Crippen molar-refractivity contribution in [3.8, 4) is 0 Å². The second-order valence-corrected chi connectivity index (χ2v) is 7.82. The molecule has 0 rings (SSSR count).